The van der Waals surface area contributed by atoms with Crippen molar-refractivity contribution >= 4 is 39.3 Å². The van der Waals surface area contributed by atoms with Crippen LogP contribution in [0.5, 0.6) is 0 Å². The Kier molecular flexibility index (Phi) is 5.50. The van der Waals surface area contributed by atoms with Crippen molar-refractivity contribution in [3.05, 3.63) is 59.7 Å². The van der Waals surface area contributed by atoms with Crippen LogP contribution in [-0.2, 0) is 5.54 Å². The Morgan fingerprint density at radius 3 is 2.81 bits per heavy atom. The first kappa shape index (κ1) is 21.0. The molecule has 1 aromatic carbocycles. The van der Waals surface area contributed by atoms with E-state index >= 15 is 0 Å². The van der Waals surface area contributed by atoms with Gasteiger partial charge in [-0.1, -0.05) is 25.6 Å². The number of benzene rings is 1. The molecular weight excluding hydrogens is 418 g/mol. The fourth-order valence-electron chi connectivity index (χ4n) is 3.82. The molecule has 31 heavy (non-hydrogen) atoms. The Balaban J connectivity index is 1.78. The number of pyridine rings is 2. The van der Waals surface area contributed by atoms with E-state index in [0.717, 1.165) is 5.39 Å². The molecule has 0 radical (unpaired) electrons. The predicted octanol–water partition coefficient (Wildman–Crippen LogP) is 4.64. The van der Waals surface area contributed by atoms with Gasteiger partial charge in [0.05, 0.1) is 5.56 Å². The van der Waals surface area contributed by atoms with E-state index in [0.29, 0.717) is 22.6 Å². The number of nitrogens with one attached hydrogen (secondary N) is 1. The number of nitrogens with zero attached hydrogens (tertiary/aromatic N) is 4. The van der Waals surface area contributed by atoms with Crippen LogP contribution in [0, 0.1) is 23.1 Å². The molecule has 4 rings (SSSR count). The van der Waals surface area contributed by atoms with Gasteiger partial charge in [0, 0.05) is 40.2 Å². The lowest BCUT2D eigenvalue weighted by atomic mass is 9.78. The molecule has 1 aliphatic heterocycles. The number of hydrogen-bond acceptors (Lipinski definition) is 7. The van der Waals surface area contributed by atoms with Crippen LogP contribution >= 0.6 is 11.8 Å². The van der Waals surface area contributed by atoms with Crippen molar-refractivity contribution in [3.8, 4) is 6.07 Å². The molecule has 0 saturated carbocycles. The zero-order valence-electron chi connectivity index (χ0n) is 16.9. The first-order chi connectivity index (χ1) is 14.9. The van der Waals surface area contributed by atoms with Gasteiger partial charge in [0.25, 0.3) is 0 Å². The molecule has 0 bridgehead atoms. The van der Waals surface area contributed by atoms with Crippen molar-refractivity contribution in [1.29, 1.82) is 5.26 Å². The van der Waals surface area contributed by atoms with Gasteiger partial charge >= 0.3 is 0 Å². The lowest BCUT2D eigenvalue weighted by Crippen LogP contribution is -2.44. The van der Waals surface area contributed by atoms with Crippen molar-refractivity contribution in [3.63, 3.8) is 0 Å². The van der Waals surface area contributed by atoms with Crippen molar-refractivity contribution in [2.75, 3.05) is 12.0 Å². The number of aromatic nitrogens is 2. The van der Waals surface area contributed by atoms with Crippen molar-refractivity contribution in [2.24, 2.45) is 16.6 Å². The lowest BCUT2D eigenvalue weighted by Gasteiger charge is -2.40. The molecule has 158 valence electrons. The van der Waals surface area contributed by atoms with E-state index in [1.807, 2.05) is 13.8 Å². The highest BCUT2D eigenvalue weighted by atomic mass is 32.2. The van der Waals surface area contributed by atoms with E-state index in [2.05, 4.69) is 26.3 Å². The minimum atomic E-state index is -1.40. The second-order valence-corrected chi connectivity index (χ2v) is 8.90. The molecular formula is C22H20F2N6S. The molecule has 0 saturated heterocycles. The normalized spacial score (nSPS) is 23.3. The smallest absolute Gasteiger partial charge is 0.156 e. The monoisotopic (exact) mass is 438 g/mol. The highest BCUT2D eigenvalue weighted by Gasteiger charge is 2.46. The minimum absolute atomic E-state index is 0.0254. The van der Waals surface area contributed by atoms with Gasteiger partial charge in [-0.15, -0.1) is 0 Å². The number of hydrogen-bond donors (Lipinski definition) is 2. The predicted molar refractivity (Wildman–Crippen MR) is 119 cm³/mol. The third-order valence-electron chi connectivity index (χ3n) is 5.70. The van der Waals surface area contributed by atoms with E-state index in [1.165, 1.54) is 24.0 Å². The Morgan fingerprint density at radius 1 is 1.26 bits per heavy atom. The molecule has 9 heteroatoms. The average molecular weight is 439 g/mol. The molecule has 0 aliphatic carbocycles. The zero-order valence-corrected chi connectivity index (χ0v) is 17.8. The first-order valence-electron chi connectivity index (χ1n) is 9.68. The maximum atomic E-state index is 14.9. The molecule has 0 fully saturated rings. The van der Waals surface area contributed by atoms with Crippen molar-refractivity contribution < 1.29 is 8.78 Å². The fraction of sp³-hybridized carbons (Fsp3) is 0.273. The maximum absolute atomic E-state index is 14.9. The van der Waals surface area contributed by atoms with Crippen LogP contribution in [0.1, 0.15) is 25.0 Å². The van der Waals surface area contributed by atoms with E-state index in [-0.39, 0.29) is 21.9 Å². The number of halogens is 2. The number of aliphatic imine (C=N–C) groups is 1. The molecule has 0 amide bonds. The van der Waals surface area contributed by atoms with Gasteiger partial charge in [-0.2, -0.15) is 5.26 Å². The van der Waals surface area contributed by atoms with Gasteiger partial charge < -0.3 is 11.1 Å². The van der Waals surface area contributed by atoms with Gasteiger partial charge in [-0.3, -0.25) is 4.98 Å². The lowest BCUT2D eigenvalue weighted by molar-refractivity contribution is 0.217. The number of nitrogens with two attached hydrogens (primary N) is 1. The van der Waals surface area contributed by atoms with Gasteiger partial charge in [0.2, 0.25) is 0 Å². The zero-order chi connectivity index (χ0) is 22.2. The summed E-state index contributed by atoms with van der Waals surface area (Å²) >= 11 is 1.36. The molecule has 6 nitrogen and oxygen atoms in total. The van der Waals surface area contributed by atoms with Crippen LogP contribution in [0.4, 0.5) is 20.3 Å². The summed E-state index contributed by atoms with van der Waals surface area (Å²) < 4.78 is 29.3. The number of alkyl halides is 1. The SMILES string of the molecule is CC1SC(N)=N[C@](CF)(c2cc(Nc3nccc4cc(C#N)cnc34)ccc2F)[C@@H]1C. The summed E-state index contributed by atoms with van der Waals surface area (Å²) in [5.74, 6) is -0.382. The van der Waals surface area contributed by atoms with E-state index in [9.17, 15) is 8.78 Å². The number of thioether (sulfide) groups is 1. The number of nitriles is 1. The molecule has 3 aromatic rings. The molecule has 1 unspecified atom stereocenters. The second-order valence-electron chi connectivity index (χ2n) is 7.51. The summed E-state index contributed by atoms with van der Waals surface area (Å²) in [7, 11) is 0. The largest absolute Gasteiger partial charge is 0.379 e. The molecule has 3 N–H and O–H groups in total. The maximum Gasteiger partial charge on any atom is 0.156 e. The summed E-state index contributed by atoms with van der Waals surface area (Å²) in [5.41, 5.74) is 6.20. The molecule has 3 atom stereocenters. The third-order valence-corrected chi connectivity index (χ3v) is 6.81. The van der Waals surface area contributed by atoms with Crippen LogP contribution < -0.4 is 11.1 Å². The van der Waals surface area contributed by atoms with E-state index in [4.69, 9.17) is 11.0 Å². The summed E-state index contributed by atoms with van der Waals surface area (Å²) in [5, 5.41) is 13.2. The van der Waals surface area contributed by atoms with Crippen LogP contribution in [-0.4, -0.2) is 27.1 Å². The highest BCUT2D eigenvalue weighted by Crippen LogP contribution is 2.45. The minimum Gasteiger partial charge on any atom is -0.379 e. The standard InChI is InChI=1S/C22H20F2N6S/c1-12-13(2)31-21(26)30-22(12,11-23)17-8-16(3-4-18(17)24)29-20-19-15(5-6-27-20)7-14(9-25)10-28-19/h3-8,10,12-13H,11H2,1-2H3,(H2,26,30)(H,27,29)/t12-,13?,22+/m1/s1. The van der Waals surface area contributed by atoms with E-state index in [1.54, 1.807) is 30.5 Å². The second kappa shape index (κ2) is 8.12. The van der Waals surface area contributed by atoms with Crippen LogP contribution in [0.25, 0.3) is 10.9 Å². The summed E-state index contributed by atoms with van der Waals surface area (Å²) in [6.45, 7) is 2.92. The van der Waals surface area contributed by atoms with Gasteiger partial charge in [0.15, 0.2) is 11.0 Å². The number of anilines is 2. The fourth-order valence-corrected chi connectivity index (χ4v) is 4.84. The molecule has 0 spiro atoms. The van der Waals surface area contributed by atoms with Gasteiger partial charge in [-0.25, -0.2) is 18.8 Å². The third kappa shape index (κ3) is 3.68. The van der Waals surface area contributed by atoms with Crippen molar-refractivity contribution in [2.45, 2.75) is 24.6 Å². The van der Waals surface area contributed by atoms with Crippen LogP contribution in [0.15, 0.2) is 47.7 Å². The van der Waals surface area contributed by atoms with Crippen LogP contribution in [0.3, 0.4) is 0 Å². The number of amidine groups is 1. The summed E-state index contributed by atoms with van der Waals surface area (Å²) in [4.78, 5) is 13.0. The quantitative estimate of drug-likeness (QED) is 0.616. The van der Waals surface area contributed by atoms with Crippen LogP contribution in [0.2, 0.25) is 0 Å². The summed E-state index contributed by atoms with van der Waals surface area (Å²) in [6, 6.07) is 9.90. The molecule has 1 aliphatic rings. The number of fused-ring (bicyclic) bond motifs is 1. The summed E-state index contributed by atoms with van der Waals surface area (Å²) in [6.07, 6.45) is 3.05. The van der Waals surface area contributed by atoms with Crippen molar-refractivity contribution in [1.82, 2.24) is 9.97 Å². The average Bonchev–Trinajstić information content (AvgIpc) is 2.77. The Bertz CT molecular complexity index is 1220. The number of rotatable bonds is 4. The Labute approximate surface area is 182 Å². The topological polar surface area (TPSA) is 100.0 Å². The van der Waals surface area contributed by atoms with E-state index < -0.39 is 18.0 Å². The van der Waals surface area contributed by atoms with Gasteiger partial charge in [0.1, 0.15) is 29.6 Å². The first-order valence-corrected chi connectivity index (χ1v) is 10.6. The molecule has 3 heterocycles. The molecule has 2 aromatic heterocycles. The Hall–Kier alpha value is -3.25. The highest BCUT2D eigenvalue weighted by molar-refractivity contribution is 8.14. The Morgan fingerprint density at radius 2 is 2.06 bits per heavy atom. The van der Waals surface area contributed by atoms with Gasteiger partial charge in [-0.05, 0) is 30.3 Å².